The van der Waals surface area contributed by atoms with Crippen LogP contribution < -0.4 is 5.32 Å². The van der Waals surface area contributed by atoms with E-state index in [2.05, 4.69) is 10.1 Å². The maximum absolute atomic E-state index is 13.2. The molecule has 1 aromatic carbocycles. The molecule has 2 N–H and O–H groups in total. The molecule has 0 heterocycles. The number of carboxylic acid groups (broad SMARTS) is 1. The predicted molar refractivity (Wildman–Crippen MR) is 114 cm³/mol. The molecule has 10 heteroatoms. The van der Waals surface area contributed by atoms with Gasteiger partial charge in [0.15, 0.2) is 9.84 Å². The summed E-state index contributed by atoms with van der Waals surface area (Å²) in [6, 6.07) is 7.02. The SMILES string of the molecule is COC(=O)[C@@H](NC(=O)OC(C)(C)C)C(C)(C)S(=O)(=O)C[C@@H](Cc1ccccc1)C(=O)O. The van der Waals surface area contributed by atoms with Crippen LogP contribution in [0, 0.1) is 5.92 Å². The van der Waals surface area contributed by atoms with E-state index < -0.39 is 55.9 Å². The number of carbonyl (C=O) groups is 3. The first kappa shape index (κ1) is 26.4. The summed E-state index contributed by atoms with van der Waals surface area (Å²) in [7, 11) is -3.16. The Hall–Kier alpha value is -2.62. The molecule has 0 radical (unpaired) electrons. The fraction of sp³-hybridized carbons (Fsp3) is 0.571. The van der Waals surface area contributed by atoms with Gasteiger partial charge >= 0.3 is 18.0 Å². The second-order valence-electron chi connectivity index (χ2n) is 8.71. The molecule has 31 heavy (non-hydrogen) atoms. The van der Waals surface area contributed by atoms with E-state index in [4.69, 9.17) is 4.74 Å². The van der Waals surface area contributed by atoms with E-state index in [1.54, 1.807) is 51.1 Å². The van der Waals surface area contributed by atoms with Crippen LogP contribution in [-0.2, 0) is 35.3 Å². The quantitative estimate of drug-likeness (QED) is 0.539. The van der Waals surface area contributed by atoms with Crippen molar-refractivity contribution in [2.45, 2.75) is 57.4 Å². The van der Waals surface area contributed by atoms with E-state index in [1.165, 1.54) is 13.8 Å². The monoisotopic (exact) mass is 457 g/mol. The number of ether oxygens (including phenoxy) is 2. The molecule has 0 saturated heterocycles. The number of esters is 1. The molecule has 1 aromatic rings. The maximum atomic E-state index is 13.2. The molecule has 0 aliphatic carbocycles. The zero-order valence-electron chi connectivity index (χ0n) is 18.7. The van der Waals surface area contributed by atoms with Gasteiger partial charge in [-0.15, -0.1) is 0 Å². The van der Waals surface area contributed by atoms with Crippen LogP contribution in [0.2, 0.25) is 0 Å². The minimum Gasteiger partial charge on any atom is -0.481 e. The van der Waals surface area contributed by atoms with Gasteiger partial charge in [0.05, 0.1) is 23.5 Å². The molecule has 0 saturated carbocycles. The van der Waals surface area contributed by atoms with Crippen molar-refractivity contribution in [3.8, 4) is 0 Å². The Morgan fingerprint density at radius 2 is 1.61 bits per heavy atom. The number of rotatable bonds is 9. The largest absolute Gasteiger partial charge is 0.481 e. The molecule has 0 bridgehead atoms. The number of nitrogens with one attached hydrogen (secondary N) is 1. The van der Waals surface area contributed by atoms with Gasteiger partial charge in [0.25, 0.3) is 0 Å². The molecule has 0 aliphatic heterocycles. The summed E-state index contributed by atoms with van der Waals surface area (Å²) in [5.41, 5.74) is -0.211. The van der Waals surface area contributed by atoms with Gasteiger partial charge in [-0.1, -0.05) is 30.3 Å². The summed E-state index contributed by atoms with van der Waals surface area (Å²) in [5, 5.41) is 11.8. The Bertz CT molecular complexity index is 888. The van der Waals surface area contributed by atoms with Gasteiger partial charge < -0.3 is 19.9 Å². The van der Waals surface area contributed by atoms with E-state index in [9.17, 15) is 27.9 Å². The molecule has 1 rings (SSSR count). The lowest BCUT2D eigenvalue weighted by Crippen LogP contribution is -2.59. The second kappa shape index (κ2) is 10.1. The van der Waals surface area contributed by atoms with Gasteiger partial charge in [0, 0.05) is 0 Å². The molecule has 1 amide bonds. The fourth-order valence-electron chi connectivity index (χ4n) is 2.84. The highest BCUT2D eigenvalue weighted by Gasteiger charge is 2.49. The van der Waals surface area contributed by atoms with Crippen molar-refractivity contribution in [3.05, 3.63) is 35.9 Å². The van der Waals surface area contributed by atoms with Crippen LogP contribution in [0.1, 0.15) is 40.2 Å². The van der Waals surface area contributed by atoms with Crippen LogP contribution in [-0.4, -0.2) is 60.8 Å². The van der Waals surface area contributed by atoms with Crippen molar-refractivity contribution in [1.29, 1.82) is 0 Å². The van der Waals surface area contributed by atoms with Crippen LogP contribution in [0.25, 0.3) is 0 Å². The Labute approximate surface area is 183 Å². The third kappa shape index (κ3) is 7.54. The number of alkyl carbamates (subject to hydrolysis) is 1. The number of hydrogen-bond donors (Lipinski definition) is 2. The Kier molecular flexibility index (Phi) is 8.63. The number of aliphatic carboxylic acids is 1. The molecule has 174 valence electrons. The van der Waals surface area contributed by atoms with Gasteiger partial charge in [-0.3, -0.25) is 4.79 Å². The van der Waals surface area contributed by atoms with E-state index in [1.807, 2.05) is 0 Å². The summed E-state index contributed by atoms with van der Waals surface area (Å²) < 4.78 is 34.4. The van der Waals surface area contributed by atoms with Crippen LogP contribution in [0.15, 0.2) is 30.3 Å². The molecular formula is C21H31NO8S. The average Bonchev–Trinajstić information content (AvgIpc) is 2.63. The fourth-order valence-corrected chi connectivity index (χ4v) is 4.57. The molecule has 0 unspecified atom stereocenters. The first-order chi connectivity index (χ1) is 14.1. The molecule has 0 aromatic heterocycles. The van der Waals surface area contributed by atoms with Gasteiger partial charge in [-0.05, 0) is 46.6 Å². The molecule has 2 atom stereocenters. The number of carbonyl (C=O) groups excluding carboxylic acids is 2. The molecule has 0 fully saturated rings. The summed E-state index contributed by atoms with van der Waals surface area (Å²) in [4.78, 5) is 36.3. The first-order valence-corrected chi connectivity index (χ1v) is 11.3. The highest BCUT2D eigenvalue weighted by Crippen LogP contribution is 2.27. The van der Waals surface area contributed by atoms with Crippen molar-refractivity contribution >= 4 is 27.9 Å². The number of carboxylic acids is 1. The van der Waals surface area contributed by atoms with Crippen molar-refractivity contribution in [1.82, 2.24) is 5.32 Å². The molecule has 0 spiro atoms. The topological polar surface area (TPSA) is 136 Å². The minimum absolute atomic E-state index is 0.00608. The number of methoxy groups -OCH3 is 1. The molecular weight excluding hydrogens is 426 g/mol. The Morgan fingerprint density at radius 1 is 1.06 bits per heavy atom. The van der Waals surface area contributed by atoms with Crippen molar-refractivity contribution in [3.63, 3.8) is 0 Å². The van der Waals surface area contributed by atoms with E-state index >= 15 is 0 Å². The minimum atomic E-state index is -4.22. The normalized spacial score (nSPS) is 14.3. The number of amides is 1. The third-order valence-corrected chi connectivity index (χ3v) is 7.37. The number of hydrogen-bond acceptors (Lipinski definition) is 7. The van der Waals surface area contributed by atoms with Gasteiger partial charge in [-0.25, -0.2) is 18.0 Å². The molecule has 9 nitrogen and oxygen atoms in total. The van der Waals surface area contributed by atoms with E-state index in [0.717, 1.165) is 7.11 Å². The highest BCUT2D eigenvalue weighted by atomic mass is 32.2. The molecule has 0 aliphatic rings. The summed E-state index contributed by atoms with van der Waals surface area (Å²) in [6.45, 7) is 7.32. The lowest BCUT2D eigenvalue weighted by molar-refractivity contribution is -0.144. The van der Waals surface area contributed by atoms with E-state index in [0.29, 0.717) is 5.56 Å². The Morgan fingerprint density at radius 3 is 2.06 bits per heavy atom. The van der Waals surface area contributed by atoms with Crippen LogP contribution in [0.4, 0.5) is 4.79 Å². The second-order valence-corrected chi connectivity index (χ2v) is 11.3. The van der Waals surface area contributed by atoms with Crippen LogP contribution in [0.5, 0.6) is 0 Å². The Balaban J connectivity index is 3.18. The van der Waals surface area contributed by atoms with Crippen LogP contribution >= 0.6 is 0 Å². The lowest BCUT2D eigenvalue weighted by Gasteiger charge is -2.33. The third-order valence-electron chi connectivity index (χ3n) is 4.69. The zero-order valence-corrected chi connectivity index (χ0v) is 19.5. The maximum Gasteiger partial charge on any atom is 0.408 e. The van der Waals surface area contributed by atoms with Crippen molar-refractivity contribution in [2.24, 2.45) is 5.92 Å². The van der Waals surface area contributed by atoms with Crippen LogP contribution in [0.3, 0.4) is 0 Å². The van der Waals surface area contributed by atoms with Crippen molar-refractivity contribution in [2.75, 3.05) is 12.9 Å². The van der Waals surface area contributed by atoms with E-state index in [-0.39, 0.29) is 6.42 Å². The number of benzene rings is 1. The average molecular weight is 458 g/mol. The number of sulfone groups is 1. The van der Waals surface area contributed by atoms with Gasteiger partial charge in [0.1, 0.15) is 11.6 Å². The standard InChI is InChI=1S/C21H31NO8S/c1-20(2,3)30-19(26)22-16(18(25)29-6)21(4,5)31(27,28)13-15(17(23)24)12-14-10-8-7-9-11-14/h7-11,15-16H,12-13H2,1-6H3,(H,22,26)(H,23,24)/t15-,16-/m1/s1. The summed E-state index contributed by atoms with van der Waals surface area (Å²) >= 11 is 0. The summed E-state index contributed by atoms with van der Waals surface area (Å²) in [6.07, 6.45) is -1.00. The van der Waals surface area contributed by atoms with Crippen molar-refractivity contribution < 1.29 is 37.4 Å². The summed E-state index contributed by atoms with van der Waals surface area (Å²) in [5.74, 6) is -4.24. The van der Waals surface area contributed by atoms with Gasteiger partial charge in [0.2, 0.25) is 0 Å². The van der Waals surface area contributed by atoms with Gasteiger partial charge in [-0.2, -0.15) is 0 Å². The highest BCUT2D eigenvalue weighted by molar-refractivity contribution is 7.92. The predicted octanol–water partition coefficient (Wildman–Crippen LogP) is 2.19. The smallest absolute Gasteiger partial charge is 0.408 e. The zero-order chi connectivity index (χ0) is 24.0. The lowest BCUT2D eigenvalue weighted by atomic mass is 10.0. The first-order valence-electron chi connectivity index (χ1n) is 9.67.